The summed E-state index contributed by atoms with van der Waals surface area (Å²) in [5.74, 6) is 0.857. The number of carbonyl (C=O) groups excluding carboxylic acids is 1. The Bertz CT molecular complexity index is 739. The molecule has 1 aromatic heterocycles. The number of rotatable bonds is 6. The molecule has 2 N–H and O–H groups in total. The van der Waals surface area contributed by atoms with Gasteiger partial charge in [-0.25, -0.2) is 4.79 Å². The summed E-state index contributed by atoms with van der Waals surface area (Å²) in [6.07, 6.45) is 0.807. The van der Waals surface area contributed by atoms with Crippen LogP contribution in [0.25, 0.3) is 0 Å². The van der Waals surface area contributed by atoms with Crippen molar-refractivity contribution in [3.05, 3.63) is 40.8 Å². The Morgan fingerprint density at radius 2 is 1.88 bits per heavy atom. The van der Waals surface area contributed by atoms with Crippen LogP contribution in [0.5, 0.6) is 5.75 Å². The van der Waals surface area contributed by atoms with Crippen molar-refractivity contribution < 1.29 is 14.3 Å². The van der Waals surface area contributed by atoms with Gasteiger partial charge in [0.15, 0.2) is 5.11 Å². The van der Waals surface area contributed by atoms with E-state index in [9.17, 15) is 4.79 Å². The van der Waals surface area contributed by atoms with E-state index in [2.05, 4.69) is 24.5 Å². The van der Waals surface area contributed by atoms with E-state index < -0.39 is 0 Å². The number of benzene rings is 1. The molecule has 1 heterocycles. The molecule has 7 heteroatoms. The third kappa shape index (κ3) is 5.17. The zero-order valence-corrected chi connectivity index (χ0v) is 16.3. The lowest BCUT2D eigenvalue weighted by atomic mass is 10.0. The highest BCUT2D eigenvalue weighted by atomic mass is 32.1. The number of nitrogens with one attached hydrogen (secondary N) is 2. The van der Waals surface area contributed by atoms with E-state index in [1.165, 1.54) is 18.4 Å². The third-order valence-electron chi connectivity index (χ3n) is 3.46. The van der Waals surface area contributed by atoms with Crippen LogP contribution in [-0.2, 0) is 11.2 Å². The molecule has 2 aromatic rings. The summed E-state index contributed by atoms with van der Waals surface area (Å²) in [6.45, 7) is 4.23. The Labute approximate surface area is 157 Å². The van der Waals surface area contributed by atoms with Crippen LogP contribution >= 0.6 is 23.6 Å². The lowest BCUT2D eigenvalue weighted by Crippen LogP contribution is -2.20. The highest BCUT2D eigenvalue weighted by molar-refractivity contribution is 7.80. The maximum atomic E-state index is 12.2. The number of methoxy groups -OCH3 is 2. The molecule has 0 aliphatic carbocycles. The Kier molecular flexibility index (Phi) is 6.78. The van der Waals surface area contributed by atoms with Crippen LogP contribution in [0.1, 0.15) is 29.8 Å². The number of esters is 1. The summed E-state index contributed by atoms with van der Waals surface area (Å²) in [5.41, 5.74) is 2.36. The molecule has 0 aliphatic rings. The summed E-state index contributed by atoms with van der Waals surface area (Å²) in [6, 6.07) is 7.42. The van der Waals surface area contributed by atoms with Crippen LogP contribution in [-0.4, -0.2) is 25.3 Å². The standard InChI is InChI=1S/C18H22N2O3S2/c1-11(2)9-12-10-25-16(15(12)17(21)23-4)20-18(24)19-13-5-7-14(22-3)8-6-13/h5-8,10-11H,9H2,1-4H3,(H2,19,20,24). The summed E-state index contributed by atoms with van der Waals surface area (Å²) >= 11 is 6.81. The Morgan fingerprint density at radius 3 is 2.44 bits per heavy atom. The normalized spacial score (nSPS) is 10.4. The number of hydrogen-bond acceptors (Lipinski definition) is 5. The smallest absolute Gasteiger partial charge is 0.341 e. The average Bonchev–Trinajstić information content (AvgIpc) is 2.96. The molecule has 2 rings (SSSR count). The molecular weight excluding hydrogens is 356 g/mol. The van der Waals surface area contributed by atoms with Crippen molar-refractivity contribution in [1.82, 2.24) is 0 Å². The SMILES string of the molecule is COC(=O)c1c(CC(C)C)csc1NC(=S)Nc1ccc(OC)cc1. The number of carbonyl (C=O) groups is 1. The molecule has 0 spiro atoms. The number of thiocarbonyl (C=S) groups is 1. The first kappa shape index (κ1) is 19.2. The van der Waals surface area contributed by atoms with Gasteiger partial charge in [0.2, 0.25) is 0 Å². The predicted molar refractivity (Wildman–Crippen MR) is 107 cm³/mol. The van der Waals surface area contributed by atoms with Gasteiger partial charge in [-0.05, 0) is 59.8 Å². The zero-order valence-electron chi connectivity index (χ0n) is 14.7. The maximum Gasteiger partial charge on any atom is 0.341 e. The van der Waals surface area contributed by atoms with Gasteiger partial charge in [-0.2, -0.15) is 0 Å². The fraction of sp³-hybridized carbons (Fsp3) is 0.333. The van der Waals surface area contributed by atoms with E-state index in [-0.39, 0.29) is 5.97 Å². The van der Waals surface area contributed by atoms with Crippen molar-refractivity contribution >= 4 is 45.3 Å². The summed E-state index contributed by atoms with van der Waals surface area (Å²) in [7, 11) is 3.01. The molecule has 25 heavy (non-hydrogen) atoms. The van der Waals surface area contributed by atoms with Gasteiger partial charge in [0, 0.05) is 5.69 Å². The second-order valence-electron chi connectivity index (χ2n) is 5.86. The molecule has 0 saturated carbocycles. The molecule has 0 unspecified atom stereocenters. The number of anilines is 2. The fourth-order valence-electron chi connectivity index (χ4n) is 2.34. The van der Waals surface area contributed by atoms with Crippen molar-refractivity contribution in [2.24, 2.45) is 5.92 Å². The average molecular weight is 379 g/mol. The second kappa shape index (κ2) is 8.82. The second-order valence-corrected chi connectivity index (χ2v) is 7.15. The first-order valence-electron chi connectivity index (χ1n) is 7.85. The lowest BCUT2D eigenvalue weighted by Gasteiger charge is -2.12. The third-order valence-corrected chi connectivity index (χ3v) is 4.61. The quantitative estimate of drug-likeness (QED) is 0.568. The van der Waals surface area contributed by atoms with Crippen LogP contribution in [0, 0.1) is 5.92 Å². The molecular formula is C18H22N2O3S2. The van der Waals surface area contributed by atoms with Gasteiger partial charge in [0.25, 0.3) is 0 Å². The van der Waals surface area contributed by atoms with Gasteiger partial charge in [0.05, 0.1) is 19.8 Å². The molecule has 5 nitrogen and oxygen atoms in total. The summed E-state index contributed by atoms with van der Waals surface area (Å²) in [5, 5.41) is 9.27. The van der Waals surface area contributed by atoms with Gasteiger partial charge in [-0.15, -0.1) is 11.3 Å². The van der Waals surface area contributed by atoms with E-state index in [1.54, 1.807) is 7.11 Å². The van der Waals surface area contributed by atoms with Crippen LogP contribution in [0.2, 0.25) is 0 Å². The van der Waals surface area contributed by atoms with Gasteiger partial charge < -0.3 is 20.1 Å². The highest BCUT2D eigenvalue weighted by Crippen LogP contribution is 2.31. The van der Waals surface area contributed by atoms with Crippen molar-refractivity contribution in [2.45, 2.75) is 20.3 Å². The van der Waals surface area contributed by atoms with Crippen molar-refractivity contribution in [3.8, 4) is 5.75 Å². The molecule has 134 valence electrons. The Hall–Kier alpha value is -2.12. The van der Waals surface area contributed by atoms with Crippen molar-refractivity contribution in [2.75, 3.05) is 24.9 Å². The Balaban J connectivity index is 2.13. The predicted octanol–water partition coefficient (Wildman–Crippen LogP) is 4.55. The van der Waals surface area contributed by atoms with Gasteiger partial charge in [0.1, 0.15) is 10.8 Å². The van der Waals surface area contributed by atoms with Crippen LogP contribution < -0.4 is 15.4 Å². The summed E-state index contributed by atoms with van der Waals surface area (Å²) < 4.78 is 10.1. The van der Waals surface area contributed by atoms with E-state index >= 15 is 0 Å². The van der Waals surface area contributed by atoms with Gasteiger partial charge in [-0.1, -0.05) is 13.8 Å². The maximum absolute atomic E-state index is 12.2. The summed E-state index contributed by atoms with van der Waals surface area (Å²) in [4.78, 5) is 12.2. The first-order valence-corrected chi connectivity index (χ1v) is 9.14. The zero-order chi connectivity index (χ0) is 18.4. The topological polar surface area (TPSA) is 59.6 Å². The molecule has 0 bridgehead atoms. The molecule has 0 aliphatic heterocycles. The molecule has 0 radical (unpaired) electrons. The van der Waals surface area contributed by atoms with Crippen molar-refractivity contribution in [3.63, 3.8) is 0 Å². The largest absolute Gasteiger partial charge is 0.497 e. The van der Waals surface area contributed by atoms with Crippen LogP contribution in [0.3, 0.4) is 0 Å². The fourth-order valence-corrected chi connectivity index (χ4v) is 3.59. The van der Waals surface area contributed by atoms with Crippen LogP contribution in [0.15, 0.2) is 29.6 Å². The minimum absolute atomic E-state index is 0.355. The van der Waals surface area contributed by atoms with Gasteiger partial charge in [-0.3, -0.25) is 0 Å². The molecule has 0 amide bonds. The van der Waals surface area contributed by atoms with Crippen molar-refractivity contribution in [1.29, 1.82) is 0 Å². The number of ether oxygens (including phenoxy) is 2. The first-order chi connectivity index (χ1) is 11.9. The lowest BCUT2D eigenvalue weighted by molar-refractivity contribution is 0.0601. The molecule has 1 aromatic carbocycles. The number of hydrogen-bond donors (Lipinski definition) is 2. The van der Waals surface area contributed by atoms with E-state index in [0.29, 0.717) is 21.6 Å². The molecule has 0 saturated heterocycles. The Morgan fingerprint density at radius 1 is 1.20 bits per heavy atom. The van der Waals surface area contributed by atoms with Crippen LogP contribution in [0.4, 0.5) is 10.7 Å². The van der Waals surface area contributed by atoms with E-state index in [4.69, 9.17) is 21.7 Å². The van der Waals surface area contributed by atoms with E-state index in [1.807, 2.05) is 29.6 Å². The van der Waals surface area contributed by atoms with E-state index in [0.717, 1.165) is 23.4 Å². The number of thiophene rings is 1. The highest BCUT2D eigenvalue weighted by Gasteiger charge is 2.21. The monoisotopic (exact) mass is 378 g/mol. The molecule has 0 fully saturated rings. The molecule has 0 atom stereocenters. The minimum atomic E-state index is -0.355. The minimum Gasteiger partial charge on any atom is -0.497 e. The van der Waals surface area contributed by atoms with Gasteiger partial charge >= 0.3 is 5.97 Å².